The normalized spacial score (nSPS) is 17.6. The first-order chi connectivity index (χ1) is 14.5. The van der Waals surface area contributed by atoms with Crippen LogP contribution in [0, 0.1) is 0 Å². The van der Waals surface area contributed by atoms with Crippen LogP contribution >= 0.6 is 11.6 Å². The maximum atomic E-state index is 11.4. The zero-order valence-electron chi connectivity index (χ0n) is 17.4. The number of morpholine rings is 1. The second-order valence-electron chi connectivity index (χ2n) is 7.49. The Kier molecular flexibility index (Phi) is 7.96. The van der Waals surface area contributed by atoms with E-state index in [0.717, 1.165) is 35.6 Å². The molecule has 1 heterocycles. The number of carboxylic acid groups (broad SMARTS) is 1. The minimum atomic E-state index is -0.840. The first kappa shape index (κ1) is 22.4. The molecule has 0 bridgehead atoms. The summed E-state index contributed by atoms with van der Waals surface area (Å²) in [5, 5.41) is 13.5. The number of halogens is 1. The molecule has 0 spiro atoms. The summed E-state index contributed by atoms with van der Waals surface area (Å²) >= 11 is 6.04. The fourth-order valence-electron chi connectivity index (χ4n) is 3.84. The van der Waals surface area contributed by atoms with Crippen molar-refractivity contribution in [2.75, 3.05) is 43.7 Å². The Balaban J connectivity index is 1.99. The van der Waals surface area contributed by atoms with E-state index in [-0.39, 0.29) is 12.3 Å². The van der Waals surface area contributed by atoms with Crippen LogP contribution in [0.15, 0.2) is 42.5 Å². The van der Waals surface area contributed by atoms with E-state index in [1.54, 1.807) is 7.11 Å². The van der Waals surface area contributed by atoms with E-state index in [1.807, 2.05) is 36.4 Å². The average molecular weight is 433 g/mol. The molecule has 3 rings (SSSR count). The number of benzene rings is 2. The molecule has 1 saturated heterocycles. The molecule has 2 N–H and O–H groups in total. The van der Waals surface area contributed by atoms with Gasteiger partial charge in [0.05, 0.1) is 43.7 Å². The van der Waals surface area contributed by atoms with E-state index in [0.29, 0.717) is 30.9 Å². The van der Waals surface area contributed by atoms with Crippen molar-refractivity contribution in [2.45, 2.75) is 31.7 Å². The van der Waals surface area contributed by atoms with E-state index in [9.17, 15) is 9.90 Å². The molecule has 0 aromatic heterocycles. The molecule has 1 fully saturated rings. The summed E-state index contributed by atoms with van der Waals surface area (Å²) in [6.07, 6.45) is 0.996. The first-order valence-corrected chi connectivity index (χ1v) is 10.6. The van der Waals surface area contributed by atoms with Crippen LogP contribution < -0.4 is 10.2 Å². The summed E-state index contributed by atoms with van der Waals surface area (Å²) < 4.78 is 11.0. The number of carbonyl (C=O) groups is 1. The number of hydrogen-bond acceptors (Lipinski definition) is 5. The summed E-state index contributed by atoms with van der Waals surface area (Å²) in [5.74, 6) is -1.06. The summed E-state index contributed by atoms with van der Waals surface area (Å²) in [5.41, 5.74) is 3.86. The quantitative estimate of drug-likeness (QED) is 0.587. The summed E-state index contributed by atoms with van der Waals surface area (Å²) in [4.78, 5) is 13.7. The van der Waals surface area contributed by atoms with Crippen LogP contribution in [0.4, 0.5) is 17.1 Å². The molecule has 6 nitrogen and oxygen atoms in total. The van der Waals surface area contributed by atoms with Crippen LogP contribution in [0.3, 0.4) is 0 Å². The number of nitrogens with zero attached hydrogens (tertiary/aromatic N) is 1. The predicted molar refractivity (Wildman–Crippen MR) is 120 cm³/mol. The molecule has 1 aliphatic rings. The van der Waals surface area contributed by atoms with Crippen LogP contribution in [0.2, 0.25) is 5.02 Å². The number of methoxy groups -OCH3 is 1. The highest BCUT2D eigenvalue weighted by Crippen LogP contribution is 2.35. The molecular formula is C23H29ClN2O4. The predicted octanol–water partition coefficient (Wildman–Crippen LogP) is 4.90. The van der Waals surface area contributed by atoms with Crippen LogP contribution in [-0.2, 0) is 14.3 Å². The van der Waals surface area contributed by atoms with Crippen LogP contribution in [0.5, 0.6) is 0 Å². The Bertz CT molecular complexity index is 844. The lowest BCUT2D eigenvalue weighted by molar-refractivity contribution is -0.137. The van der Waals surface area contributed by atoms with E-state index < -0.39 is 5.97 Å². The van der Waals surface area contributed by atoms with E-state index >= 15 is 0 Å². The highest BCUT2D eigenvalue weighted by molar-refractivity contribution is 6.30. The second-order valence-corrected chi connectivity index (χ2v) is 7.93. The first-order valence-electron chi connectivity index (χ1n) is 10.2. The van der Waals surface area contributed by atoms with Crippen molar-refractivity contribution in [3.05, 3.63) is 53.1 Å². The van der Waals surface area contributed by atoms with Crippen LogP contribution in [0.25, 0.3) is 0 Å². The SMILES string of the molecule is CCC1COCCN1c1ccc([C@@H](COC)CC(=O)O)cc1Nc1ccc(Cl)cc1. The number of nitrogens with one attached hydrogen (secondary N) is 1. The molecule has 0 aliphatic carbocycles. The molecule has 7 heteroatoms. The van der Waals surface area contributed by atoms with Crippen LogP contribution in [0.1, 0.15) is 31.2 Å². The zero-order valence-corrected chi connectivity index (χ0v) is 18.2. The second kappa shape index (κ2) is 10.7. The van der Waals surface area contributed by atoms with Crippen molar-refractivity contribution >= 4 is 34.6 Å². The van der Waals surface area contributed by atoms with Gasteiger partial charge in [-0.2, -0.15) is 0 Å². The van der Waals surface area contributed by atoms with Crippen molar-refractivity contribution in [3.8, 4) is 0 Å². The number of aliphatic carboxylic acids is 1. The zero-order chi connectivity index (χ0) is 21.5. The minimum absolute atomic E-state index is 0.0166. The van der Waals surface area contributed by atoms with Gasteiger partial charge in [-0.25, -0.2) is 0 Å². The molecule has 2 aromatic carbocycles. The lowest BCUT2D eigenvalue weighted by Crippen LogP contribution is -2.45. The third kappa shape index (κ3) is 5.65. The summed E-state index contributed by atoms with van der Waals surface area (Å²) in [6.45, 7) is 4.70. The van der Waals surface area contributed by atoms with Gasteiger partial charge >= 0.3 is 5.97 Å². The Morgan fingerprint density at radius 2 is 2.10 bits per heavy atom. The van der Waals surface area contributed by atoms with Gasteiger partial charge in [0, 0.05) is 30.3 Å². The molecule has 162 valence electrons. The van der Waals surface area contributed by atoms with Crippen LogP contribution in [-0.4, -0.2) is 50.6 Å². The van der Waals surface area contributed by atoms with Gasteiger partial charge in [-0.15, -0.1) is 0 Å². The molecule has 30 heavy (non-hydrogen) atoms. The molecule has 2 atom stereocenters. The maximum absolute atomic E-state index is 11.4. The smallest absolute Gasteiger partial charge is 0.304 e. The van der Waals surface area contributed by atoms with Crippen molar-refractivity contribution in [3.63, 3.8) is 0 Å². The van der Waals surface area contributed by atoms with Gasteiger partial charge in [0.2, 0.25) is 0 Å². The van der Waals surface area contributed by atoms with Gasteiger partial charge in [-0.05, 0) is 48.4 Å². The third-order valence-corrected chi connectivity index (χ3v) is 5.66. The Morgan fingerprint density at radius 3 is 2.77 bits per heavy atom. The molecule has 1 unspecified atom stereocenters. The highest BCUT2D eigenvalue weighted by atomic mass is 35.5. The Hall–Kier alpha value is -2.28. The number of ether oxygens (including phenoxy) is 2. The Labute approximate surface area is 182 Å². The fourth-order valence-corrected chi connectivity index (χ4v) is 3.97. The van der Waals surface area contributed by atoms with Crippen molar-refractivity contribution in [1.29, 1.82) is 0 Å². The van der Waals surface area contributed by atoms with E-state index in [4.69, 9.17) is 21.1 Å². The largest absolute Gasteiger partial charge is 0.481 e. The molecule has 0 amide bonds. The topological polar surface area (TPSA) is 71.0 Å². The average Bonchev–Trinajstić information content (AvgIpc) is 2.75. The monoisotopic (exact) mass is 432 g/mol. The maximum Gasteiger partial charge on any atom is 0.304 e. The standard InChI is InChI=1S/C23H29ClN2O4/c1-3-20-15-30-11-10-26(20)22-9-4-16(17(14-29-2)13-23(27)28)12-21(22)25-19-7-5-18(24)6-8-19/h4-9,12,17,20,25H,3,10-11,13-15H2,1-2H3,(H,27,28)/t17-,20?/m1/s1. The van der Waals surface area contributed by atoms with Gasteiger partial charge in [-0.1, -0.05) is 24.6 Å². The third-order valence-electron chi connectivity index (χ3n) is 5.41. The van der Waals surface area contributed by atoms with E-state index in [1.165, 1.54) is 0 Å². The lowest BCUT2D eigenvalue weighted by Gasteiger charge is -2.38. The highest BCUT2D eigenvalue weighted by Gasteiger charge is 2.25. The molecule has 0 radical (unpaired) electrons. The van der Waals surface area contributed by atoms with Gasteiger partial charge < -0.3 is 24.8 Å². The van der Waals surface area contributed by atoms with Crippen molar-refractivity contribution in [2.24, 2.45) is 0 Å². The van der Waals surface area contributed by atoms with Gasteiger partial charge in [-0.3, -0.25) is 4.79 Å². The van der Waals surface area contributed by atoms with E-state index in [2.05, 4.69) is 23.2 Å². The lowest BCUT2D eigenvalue weighted by atomic mass is 9.95. The number of rotatable bonds is 9. The van der Waals surface area contributed by atoms with Crippen molar-refractivity contribution in [1.82, 2.24) is 0 Å². The van der Waals surface area contributed by atoms with Gasteiger partial charge in [0.1, 0.15) is 0 Å². The molecule has 1 aliphatic heterocycles. The van der Waals surface area contributed by atoms with Crippen molar-refractivity contribution < 1.29 is 19.4 Å². The fraction of sp³-hybridized carbons (Fsp3) is 0.435. The molecular weight excluding hydrogens is 404 g/mol. The minimum Gasteiger partial charge on any atom is -0.481 e. The molecule has 0 saturated carbocycles. The molecule has 2 aromatic rings. The number of hydrogen-bond donors (Lipinski definition) is 2. The summed E-state index contributed by atoms with van der Waals surface area (Å²) in [7, 11) is 1.59. The van der Waals surface area contributed by atoms with Gasteiger partial charge in [0.15, 0.2) is 0 Å². The number of anilines is 3. The number of carboxylic acids is 1. The summed E-state index contributed by atoms with van der Waals surface area (Å²) in [6, 6.07) is 14.0. The van der Waals surface area contributed by atoms with Gasteiger partial charge in [0.25, 0.3) is 0 Å². The Morgan fingerprint density at radius 1 is 1.33 bits per heavy atom.